The Bertz CT molecular complexity index is 468. The highest BCUT2D eigenvalue weighted by atomic mass is 35.5. The van der Waals surface area contributed by atoms with Gasteiger partial charge in [-0.25, -0.2) is 0 Å². The molecular formula is C19H33Cl2N3O2. The normalized spacial score (nSPS) is 38.2. The number of nitrogens with one attached hydrogen (secondary N) is 2. The van der Waals surface area contributed by atoms with Crippen molar-refractivity contribution in [2.45, 2.75) is 80.9 Å². The maximum absolute atomic E-state index is 11.7. The summed E-state index contributed by atoms with van der Waals surface area (Å²) in [5.41, 5.74) is 0. The SMILES string of the molecule is CC(=O)N1CCC(C(NC2CCCCN2)C2CC(Cl)C(Cl)CC2O)CC1. The van der Waals surface area contributed by atoms with Crippen molar-refractivity contribution < 1.29 is 9.90 Å². The van der Waals surface area contributed by atoms with Crippen LogP contribution in [0.1, 0.15) is 51.9 Å². The van der Waals surface area contributed by atoms with Gasteiger partial charge in [-0.2, -0.15) is 0 Å². The highest BCUT2D eigenvalue weighted by Gasteiger charge is 2.42. The maximum Gasteiger partial charge on any atom is 0.219 e. The third-order valence-corrected chi connectivity index (χ3v) is 7.60. The molecule has 0 spiro atoms. The van der Waals surface area contributed by atoms with Gasteiger partial charge in [-0.05, 0) is 57.4 Å². The van der Waals surface area contributed by atoms with Crippen LogP contribution in [0.3, 0.4) is 0 Å². The number of hydrogen-bond donors (Lipinski definition) is 3. The first kappa shape index (κ1) is 20.7. The molecule has 3 aliphatic rings. The Labute approximate surface area is 167 Å². The van der Waals surface area contributed by atoms with Gasteiger partial charge in [-0.3, -0.25) is 10.1 Å². The van der Waals surface area contributed by atoms with E-state index >= 15 is 0 Å². The lowest BCUT2D eigenvalue weighted by Gasteiger charge is -2.46. The van der Waals surface area contributed by atoms with Crippen molar-refractivity contribution in [3.63, 3.8) is 0 Å². The van der Waals surface area contributed by atoms with Crippen LogP contribution in [-0.4, -0.2) is 64.6 Å². The molecule has 1 saturated carbocycles. The van der Waals surface area contributed by atoms with E-state index in [1.807, 2.05) is 4.90 Å². The smallest absolute Gasteiger partial charge is 0.219 e. The van der Waals surface area contributed by atoms with Gasteiger partial charge in [0, 0.05) is 32.0 Å². The number of hydrogen-bond acceptors (Lipinski definition) is 4. The molecule has 5 nitrogen and oxygen atoms in total. The lowest BCUT2D eigenvalue weighted by molar-refractivity contribution is -0.130. The Morgan fingerprint density at radius 1 is 1.15 bits per heavy atom. The van der Waals surface area contributed by atoms with Gasteiger partial charge in [0.05, 0.1) is 23.0 Å². The molecular weight excluding hydrogens is 373 g/mol. The van der Waals surface area contributed by atoms with Crippen molar-refractivity contribution in [1.82, 2.24) is 15.5 Å². The van der Waals surface area contributed by atoms with Gasteiger partial charge in [0.2, 0.25) is 5.91 Å². The zero-order chi connectivity index (χ0) is 18.7. The first-order chi connectivity index (χ1) is 12.5. The highest BCUT2D eigenvalue weighted by molar-refractivity contribution is 6.30. The molecule has 6 unspecified atom stereocenters. The van der Waals surface area contributed by atoms with Gasteiger partial charge in [0.1, 0.15) is 0 Å². The van der Waals surface area contributed by atoms with Crippen LogP contribution in [0.2, 0.25) is 0 Å². The average molecular weight is 406 g/mol. The third-order valence-electron chi connectivity index (χ3n) is 6.51. The molecule has 2 heterocycles. The molecule has 7 heteroatoms. The Kier molecular flexibility index (Phi) is 7.48. The van der Waals surface area contributed by atoms with Gasteiger partial charge in [-0.15, -0.1) is 23.2 Å². The number of amides is 1. The summed E-state index contributed by atoms with van der Waals surface area (Å²) < 4.78 is 0. The second kappa shape index (κ2) is 9.42. The minimum absolute atomic E-state index is 0.0917. The van der Waals surface area contributed by atoms with E-state index in [0.717, 1.165) is 45.3 Å². The van der Waals surface area contributed by atoms with Crippen LogP contribution < -0.4 is 10.6 Å². The fourth-order valence-electron chi connectivity index (χ4n) is 4.91. The number of carbonyl (C=O) groups excluding carboxylic acids is 1. The number of piperidine rings is 2. The molecule has 1 amide bonds. The summed E-state index contributed by atoms with van der Waals surface area (Å²) in [7, 11) is 0. The monoisotopic (exact) mass is 405 g/mol. The van der Waals surface area contributed by atoms with Gasteiger partial charge in [-0.1, -0.05) is 0 Å². The molecule has 2 saturated heterocycles. The van der Waals surface area contributed by atoms with Gasteiger partial charge < -0.3 is 15.3 Å². The van der Waals surface area contributed by atoms with Crippen LogP contribution in [0, 0.1) is 11.8 Å². The fraction of sp³-hybridized carbons (Fsp3) is 0.947. The average Bonchev–Trinajstić information content (AvgIpc) is 2.64. The van der Waals surface area contributed by atoms with E-state index < -0.39 is 6.10 Å². The minimum atomic E-state index is -0.417. The van der Waals surface area contributed by atoms with Crippen molar-refractivity contribution in [3.05, 3.63) is 0 Å². The van der Waals surface area contributed by atoms with Crippen LogP contribution in [0.4, 0.5) is 0 Å². The number of aliphatic hydroxyl groups excluding tert-OH is 1. The molecule has 3 fully saturated rings. The van der Waals surface area contributed by atoms with Crippen LogP contribution in [0.5, 0.6) is 0 Å². The molecule has 26 heavy (non-hydrogen) atoms. The molecule has 1 aliphatic carbocycles. The van der Waals surface area contributed by atoms with Crippen molar-refractivity contribution in [2.75, 3.05) is 19.6 Å². The number of likely N-dealkylation sites (tertiary alicyclic amines) is 1. The quantitative estimate of drug-likeness (QED) is 0.627. The Hall–Kier alpha value is -0.0700. The zero-order valence-corrected chi connectivity index (χ0v) is 17.2. The molecule has 150 valence electrons. The largest absolute Gasteiger partial charge is 0.393 e. The van der Waals surface area contributed by atoms with Crippen molar-refractivity contribution in [3.8, 4) is 0 Å². The Balaban J connectivity index is 1.70. The first-order valence-corrected chi connectivity index (χ1v) is 11.0. The second-order valence-electron chi connectivity index (χ2n) is 8.27. The summed E-state index contributed by atoms with van der Waals surface area (Å²) >= 11 is 12.8. The second-order valence-corrected chi connectivity index (χ2v) is 9.39. The molecule has 0 bridgehead atoms. The summed E-state index contributed by atoms with van der Waals surface area (Å²) in [6.45, 7) is 4.30. The standard InChI is InChI=1S/C19H33Cl2N3O2/c1-12(25)24-8-5-13(6-9-24)19(23-18-4-2-3-7-22-18)14-10-15(20)16(21)11-17(14)26/h13-19,22-23,26H,2-11H2,1H3. The van der Waals surface area contributed by atoms with Gasteiger partial charge in [0.15, 0.2) is 0 Å². The molecule has 0 aromatic carbocycles. The van der Waals surface area contributed by atoms with Crippen LogP contribution in [0.25, 0.3) is 0 Å². The number of rotatable bonds is 4. The molecule has 0 radical (unpaired) electrons. The predicted octanol–water partition coefficient (Wildman–Crippen LogP) is 2.29. The van der Waals surface area contributed by atoms with Crippen molar-refractivity contribution >= 4 is 29.1 Å². The van der Waals surface area contributed by atoms with E-state index in [1.54, 1.807) is 6.92 Å². The number of carbonyl (C=O) groups is 1. The summed E-state index contributed by atoms with van der Waals surface area (Å²) in [5.74, 6) is 0.722. The Morgan fingerprint density at radius 3 is 2.46 bits per heavy atom. The number of aliphatic hydroxyl groups is 1. The first-order valence-electron chi connectivity index (χ1n) is 10.2. The molecule has 3 N–H and O–H groups in total. The van der Waals surface area contributed by atoms with E-state index in [0.29, 0.717) is 18.5 Å². The number of nitrogens with zero attached hydrogens (tertiary/aromatic N) is 1. The fourth-order valence-corrected chi connectivity index (χ4v) is 5.51. The van der Waals surface area contributed by atoms with Gasteiger partial charge >= 0.3 is 0 Å². The van der Waals surface area contributed by atoms with Crippen molar-refractivity contribution in [1.29, 1.82) is 0 Å². The molecule has 3 rings (SSSR count). The molecule has 6 atom stereocenters. The van der Waals surface area contributed by atoms with Crippen LogP contribution in [0.15, 0.2) is 0 Å². The summed E-state index contributed by atoms with van der Waals surface area (Å²) in [6.07, 6.45) is 6.72. The van der Waals surface area contributed by atoms with E-state index in [1.165, 1.54) is 12.8 Å². The maximum atomic E-state index is 11.7. The van der Waals surface area contributed by atoms with E-state index in [2.05, 4.69) is 10.6 Å². The zero-order valence-electron chi connectivity index (χ0n) is 15.7. The van der Waals surface area contributed by atoms with Crippen molar-refractivity contribution in [2.24, 2.45) is 11.8 Å². The summed E-state index contributed by atoms with van der Waals surface area (Å²) in [4.78, 5) is 13.6. The minimum Gasteiger partial charge on any atom is -0.393 e. The van der Waals surface area contributed by atoms with E-state index in [-0.39, 0.29) is 28.6 Å². The predicted molar refractivity (Wildman–Crippen MR) is 106 cm³/mol. The summed E-state index contributed by atoms with van der Waals surface area (Å²) in [5, 5.41) is 17.9. The number of halogens is 2. The topological polar surface area (TPSA) is 64.6 Å². The van der Waals surface area contributed by atoms with E-state index in [4.69, 9.17) is 23.2 Å². The summed E-state index contributed by atoms with van der Waals surface area (Å²) in [6, 6.07) is 0.208. The van der Waals surface area contributed by atoms with E-state index in [9.17, 15) is 9.90 Å². The molecule has 2 aliphatic heterocycles. The number of alkyl halides is 2. The Morgan fingerprint density at radius 2 is 1.85 bits per heavy atom. The van der Waals surface area contributed by atoms with Crippen LogP contribution in [-0.2, 0) is 4.79 Å². The van der Waals surface area contributed by atoms with Gasteiger partial charge in [0.25, 0.3) is 0 Å². The van der Waals surface area contributed by atoms with Crippen LogP contribution >= 0.6 is 23.2 Å². The molecule has 0 aromatic heterocycles. The highest BCUT2D eigenvalue weighted by Crippen LogP contribution is 2.38. The molecule has 0 aromatic rings. The third kappa shape index (κ3) is 5.05. The lowest BCUT2D eigenvalue weighted by Crippen LogP contribution is -2.59. The lowest BCUT2D eigenvalue weighted by atomic mass is 9.73.